The number of aliphatic imine (C=N–C) groups is 1. The highest BCUT2D eigenvalue weighted by Crippen LogP contribution is 2.20. The van der Waals surface area contributed by atoms with Gasteiger partial charge in [0.05, 0.1) is 18.6 Å². The third-order valence-electron chi connectivity index (χ3n) is 3.18. The van der Waals surface area contributed by atoms with Gasteiger partial charge < -0.3 is 0 Å². The predicted molar refractivity (Wildman–Crippen MR) is 82.7 cm³/mol. The Hall–Kier alpha value is -1.00. The quantitative estimate of drug-likeness (QED) is 0.747. The fourth-order valence-electron chi connectivity index (χ4n) is 2.08. The van der Waals surface area contributed by atoms with Gasteiger partial charge in [-0.25, -0.2) is 0 Å². The van der Waals surface area contributed by atoms with E-state index in [0.29, 0.717) is 12.1 Å². The standard InChI is InChI=1S/C15H22N3S/c1-4-14(11-19-15-8-6-5-7-9-15)17-18-10-12(2)16-13(18)3/h5-9,12,14H,4,10-11H2,1-3H3. The van der Waals surface area contributed by atoms with Crippen molar-refractivity contribution in [1.82, 2.24) is 10.4 Å². The van der Waals surface area contributed by atoms with E-state index in [4.69, 9.17) is 5.43 Å². The van der Waals surface area contributed by atoms with Crippen LogP contribution in [0.15, 0.2) is 40.2 Å². The third kappa shape index (κ3) is 4.25. The van der Waals surface area contributed by atoms with Crippen molar-refractivity contribution in [2.75, 3.05) is 12.3 Å². The van der Waals surface area contributed by atoms with Crippen LogP contribution >= 0.6 is 11.8 Å². The molecule has 0 spiro atoms. The molecular formula is C15H22N3S. The van der Waals surface area contributed by atoms with E-state index in [1.54, 1.807) is 0 Å². The molecule has 0 aliphatic carbocycles. The summed E-state index contributed by atoms with van der Waals surface area (Å²) in [7, 11) is 0. The van der Waals surface area contributed by atoms with E-state index in [1.165, 1.54) is 4.90 Å². The molecule has 1 aromatic rings. The van der Waals surface area contributed by atoms with Crippen LogP contribution in [0.1, 0.15) is 27.2 Å². The first-order chi connectivity index (χ1) is 9.19. The van der Waals surface area contributed by atoms with Crippen LogP contribution in [0, 0.1) is 0 Å². The first-order valence-electron chi connectivity index (χ1n) is 6.89. The molecule has 0 fully saturated rings. The van der Waals surface area contributed by atoms with E-state index in [2.05, 4.69) is 54.2 Å². The average molecular weight is 276 g/mol. The van der Waals surface area contributed by atoms with Crippen molar-refractivity contribution < 1.29 is 0 Å². The van der Waals surface area contributed by atoms with Crippen molar-refractivity contribution in [3.05, 3.63) is 30.3 Å². The monoisotopic (exact) mass is 276 g/mol. The number of rotatable bonds is 6. The Morgan fingerprint density at radius 3 is 2.74 bits per heavy atom. The molecule has 0 aromatic heterocycles. The minimum absolute atomic E-state index is 0.362. The van der Waals surface area contributed by atoms with Gasteiger partial charge in [-0.15, -0.1) is 17.2 Å². The van der Waals surface area contributed by atoms with Crippen LogP contribution in [-0.2, 0) is 0 Å². The molecule has 19 heavy (non-hydrogen) atoms. The topological polar surface area (TPSA) is 29.7 Å². The molecule has 1 aliphatic heterocycles. The van der Waals surface area contributed by atoms with Gasteiger partial charge in [0.1, 0.15) is 5.84 Å². The lowest BCUT2D eigenvalue weighted by atomic mass is 10.3. The highest BCUT2D eigenvalue weighted by Gasteiger charge is 2.22. The maximum atomic E-state index is 4.82. The van der Waals surface area contributed by atoms with E-state index >= 15 is 0 Å². The Labute approximate surface area is 120 Å². The van der Waals surface area contributed by atoms with Gasteiger partial charge in [-0.05, 0) is 32.4 Å². The number of hydrogen-bond donors (Lipinski definition) is 0. The second-order valence-corrected chi connectivity index (χ2v) is 6.00. The van der Waals surface area contributed by atoms with Gasteiger partial charge >= 0.3 is 0 Å². The summed E-state index contributed by atoms with van der Waals surface area (Å²) in [6.45, 7) is 7.31. The summed E-state index contributed by atoms with van der Waals surface area (Å²) in [5, 5.41) is 2.07. The Bertz CT molecular complexity index is 419. The Morgan fingerprint density at radius 2 is 2.16 bits per heavy atom. The van der Waals surface area contributed by atoms with Crippen molar-refractivity contribution in [2.24, 2.45) is 4.99 Å². The fourth-order valence-corrected chi connectivity index (χ4v) is 3.12. The molecule has 1 aliphatic rings. The number of benzene rings is 1. The molecule has 0 bridgehead atoms. The Morgan fingerprint density at radius 1 is 1.42 bits per heavy atom. The van der Waals surface area contributed by atoms with Gasteiger partial charge in [0.15, 0.2) is 0 Å². The van der Waals surface area contributed by atoms with Crippen LogP contribution < -0.4 is 5.43 Å². The Balaban J connectivity index is 1.82. The molecule has 2 atom stereocenters. The highest BCUT2D eigenvalue weighted by molar-refractivity contribution is 7.99. The number of thioether (sulfide) groups is 1. The van der Waals surface area contributed by atoms with Gasteiger partial charge in [0.25, 0.3) is 0 Å². The summed E-state index contributed by atoms with van der Waals surface area (Å²) in [5.74, 6) is 2.08. The molecule has 0 amide bonds. The molecule has 2 unspecified atom stereocenters. The number of nitrogens with zero attached hydrogens (tertiary/aromatic N) is 3. The first-order valence-corrected chi connectivity index (χ1v) is 7.88. The van der Waals surface area contributed by atoms with Crippen LogP contribution in [0.5, 0.6) is 0 Å². The third-order valence-corrected chi connectivity index (χ3v) is 4.33. The van der Waals surface area contributed by atoms with Crippen molar-refractivity contribution >= 4 is 17.6 Å². The van der Waals surface area contributed by atoms with Gasteiger partial charge in [0, 0.05) is 10.6 Å². The minimum atomic E-state index is 0.362. The summed E-state index contributed by atoms with van der Waals surface area (Å²) in [5.41, 5.74) is 4.82. The molecule has 1 aromatic carbocycles. The molecule has 103 valence electrons. The van der Waals surface area contributed by atoms with Crippen molar-refractivity contribution in [3.8, 4) is 0 Å². The molecule has 0 N–H and O–H groups in total. The first kappa shape index (κ1) is 14.4. The molecule has 0 saturated heterocycles. The van der Waals surface area contributed by atoms with Crippen molar-refractivity contribution in [1.29, 1.82) is 0 Å². The molecule has 3 nitrogen and oxygen atoms in total. The van der Waals surface area contributed by atoms with Crippen LogP contribution in [0.3, 0.4) is 0 Å². The highest BCUT2D eigenvalue weighted by atomic mass is 32.2. The van der Waals surface area contributed by atoms with Gasteiger partial charge in [0.2, 0.25) is 0 Å². The van der Waals surface area contributed by atoms with Gasteiger partial charge in [-0.2, -0.15) is 0 Å². The smallest absolute Gasteiger partial charge is 0.112 e. The van der Waals surface area contributed by atoms with E-state index in [1.807, 2.05) is 18.7 Å². The lowest BCUT2D eigenvalue weighted by molar-refractivity contribution is 0.265. The average Bonchev–Trinajstić information content (AvgIpc) is 2.74. The van der Waals surface area contributed by atoms with Crippen molar-refractivity contribution in [2.45, 2.75) is 44.2 Å². The zero-order valence-electron chi connectivity index (χ0n) is 11.9. The van der Waals surface area contributed by atoms with E-state index < -0.39 is 0 Å². The summed E-state index contributed by atoms with van der Waals surface area (Å²) in [4.78, 5) is 5.83. The van der Waals surface area contributed by atoms with Crippen molar-refractivity contribution in [3.63, 3.8) is 0 Å². The van der Waals surface area contributed by atoms with E-state index in [9.17, 15) is 0 Å². The zero-order valence-corrected chi connectivity index (χ0v) is 12.7. The molecule has 0 saturated carbocycles. The maximum Gasteiger partial charge on any atom is 0.112 e. The van der Waals surface area contributed by atoms with Gasteiger partial charge in [-0.3, -0.25) is 10.0 Å². The SMILES string of the molecule is CCC(CSc1ccccc1)[N]N1CC(C)N=C1C. The summed E-state index contributed by atoms with van der Waals surface area (Å²) < 4.78 is 0. The van der Waals surface area contributed by atoms with Gasteiger partial charge in [-0.1, -0.05) is 25.1 Å². The second-order valence-electron chi connectivity index (χ2n) is 4.91. The van der Waals surface area contributed by atoms with Crippen LogP contribution in [0.2, 0.25) is 0 Å². The van der Waals surface area contributed by atoms with Crippen LogP contribution in [-0.4, -0.2) is 35.2 Å². The minimum Gasteiger partial charge on any atom is -0.276 e. The summed E-state index contributed by atoms with van der Waals surface area (Å²) in [6, 6.07) is 11.3. The summed E-state index contributed by atoms with van der Waals surface area (Å²) in [6.07, 6.45) is 1.07. The predicted octanol–water partition coefficient (Wildman–Crippen LogP) is 3.20. The second kappa shape index (κ2) is 6.96. The maximum absolute atomic E-state index is 4.82. The van der Waals surface area contributed by atoms with E-state index in [-0.39, 0.29) is 0 Å². The lowest BCUT2D eigenvalue weighted by Crippen LogP contribution is -2.41. The molecule has 2 rings (SSSR count). The summed E-state index contributed by atoms with van der Waals surface area (Å²) >= 11 is 1.88. The lowest BCUT2D eigenvalue weighted by Gasteiger charge is -2.23. The van der Waals surface area contributed by atoms with Crippen LogP contribution in [0.25, 0.3) is 0 Å². The van der Waals surface area contributed by atoms with Crippen LogP contribution in [0.4, 0.5) is 0 Å². The number of hydrogen-bond acceptors (Lipinski definition) is 3. The molecular weight excluding hydrogens is 254 g/mol. The Kier molecular flexibility index (Phi) is 5.28. The molecule has 1 heterocycles. The zero-order chi connectivity index (χ0) is 13.7. The fraction of sp³-hybridized carbons (Fsp3) is 0.533. The molecule has 4 heteroatoms. The normalized spacial score (nSPS) is 20.5. The largest absolute Gasteiger partial charge is 0.276 e. The number of amidine groups is 1. The van der Waals surface area contributed by atoms with E-state index in [0.717, 1.165) is 24.6 Å². The molecule has 1 radical (unpaired) electrons.